The molecule has 4 rings (SSSR count). The predicted molar refractivity (Wildman–Crippen MR) is 93.7 cm³/mol. The van der Waals surface area contributed by atoms with E-state index in [0.717, 1.165) is 49.4 Å². The molecule has 1 aromatic carbocycles. The zero-order chi connectivity index (χ0) is 17.4. The molecule has 2 aliphatic heterocycles. The number of carbonyl (C=O) groups is 1. The minimum Gasteiger partial charge on any atom is -0.356 e. The van der Waals surface area contributed by atoms with Crippen LogP contribution in [0.5, 0.6) is 0 Å². The average molecular weight is 340 g/mol. The van der Waals surface area contributed by atoms with Crippen molar-refractivity contribution in [1.82, 2.24) is 15.3 Å². The first-order chi connectivity index (χ1) is 12.0. The molecule has 1 N–H and O–H groups in total. The maximum Gasteiger partial charge on any atom is 0.220 e. The first-order valence-corrected chi connectivity index (χ1v) is 8.69. The molecular formula is C19H21FN4O. The van der Waals surface area contributed by atoms with E-state index in [9.17, 15) is 9.18 Å². The van der Waals surface area contributed by atoms with Crippen molar-refractivity contribution in [3.63, 3.8) is 0 Å². The van der Waals surface area contributed by atoms with Gasteiger partial charge in [0.15, 0.2) is 0 Å². The largest absolute Gasteiger partial charge is 0.356 e. The van der Waals surface area contributed by atoms with Crippen LogP contribution in [-0.2, 0) is 4.79 Å². The molecule has 1 spiro atoms. The molecule has 0 bridgehead atoms. The van der Waals surface area contributed by atoms with Crippen LogP contribution in [0.15, 0.2) is 30.6 Å². The number of aromatic nitrogens is 2. The lowest BCUT2D eigenvalue weighted by molar-refractivity contribution is -0.119. The first-order valence-electron chi connectivity index (χ1n) is 8.69. The summed E-state index contributed by atoms with van der Waals surface area (Å²) in [6, 6.07) is 7.07. The quantitative estimate of drug-likeness (QED) is 0.913. The molecule has 1 aromatic heterocycles. The van der Waals surface area contributed by atoms with Crippen molar-refractivity contribution >= 4 is 11.7 Å². The van der Waals surface area contributed by atoms with Gasteiger partial charge < -0.3 is 10.2 Å². The van der Waals surface area contributed by atoms with Gasteiger partial charge in [-0.15, -0.1) is 0 Å². The summed E-state index contributed by atoms with van der Waals surface area (Å²) in [5.74, 6) is 0.791. The summed E-state index contributed by atoms with van der Waals surface area (Å²) < 4.78 is 13.8. The number of hydrogen-bond donors (Lipinski definition) is 1. The van der Waals surface area contributed by atoms with Gasteiger partial charge in [-0.2, -0.15) is 0 Å². The Balaban J connectivity index is 1.52. The summed E-state index contributed by atoms with van der Waals surface area (Å²) in [6.07, 6.45) is 4.95. The van der Waals surface area contributed by atoms with E-state index in [0.29, 0.717) is 12.0 Å². The molecule has 0 atom stereocenters. The SMILES string of the molecule is Cc1ccc(-c2cc(N3CCC4(CCC(=O)N4)CC3)ncn2)cc1F. The molecule has 130 valence electrons. The molecule has 2 aromatic rings. The van der Waals surface area contributed by atoms with E-state index in [-0.39, 0.29) is 17.3 Å². The van der Waals surface area contributed by atoms with Gasteiger partial charge in [0, 0.05) is 36.7 Å². The lowest BCUT2D eigenvalue weighted by Gasteiger charge is -2.39. The lowest BCUT2D eigenvalue weighted by Crippen LogP contribution is -2.51. The van der Waals surface area contributed by atoms with Crippen LogP contribution in [0.2, 0.25) is 0 Å². The van der Waals surface area contributed by atoms with Crippen LogP contribution in [-0.4, -0.2) is 34.5 Å². The van der Waals surface area contributed by atoms with Gasteiger partial charge >= 0.3 is 0 Å². The fourth-order valence-corrected chi connectivity index (χ4v) is 3.74. The maximum absolute atomic E-state index is 13.8. The number of halogens is 1. The molecular weight excluding hydrogens is 319 g/mol. The number of amides is 1. The van der Waals surface area contributed by atoms with Crippen molar-refractivity contribution in [3.8, 4) is 11.3 Å². The number of hydrogen-bond acceptors (Lipinski definition) is 4. The molecule has 3 heterocycles. The first kappa shape index (κ1) is 16.0. The molecule has 2 aliphatic rings. The maximum atomic E-state index is 13.8. The third-order valence-electron chi connectivity index (χ3n) is 5.40. The van der Waals surface area contributed by atoms with Crippen LogP contribution in [0.25, 0.3) is 11.3 Å². The fraction of sp³-hybridized carbons (Fsp3) is 0.421. The van der Waals surface area contributed by atoms with E-state index in [2.05, 4.69) is 20.2 Å². The van der Waals surface area contributed by atoms with Crippen molar-refractivity contribution in [3.05, 3.63) is 42.0 Å². The zero-order valence-corrected chi connectivity index (χ0v) is 14.3. The van der Waals surface area contributed by atoms with Crippen LogP contribution in [0.4, 0.5) is 10.2 Å². The fourth-order valence-electron chi connectivity index (χ4n) is 3.74. The Kier molecular flexibility index (Phi) is 3.90. The number of rotatable bonds is 2. The van der Waals surface area contributed by atoms with E-state index in [1.807, 2.05) is 12.1 Å². The number of benzene rings is 1. The van der Waals surface area contributed by atoms with Crippen molar-refractivity contribution in [1.29, 1.82) is 0 Å². The molecule has 2 saturated heterocycles. The standard InChI is InChI=1S/C19H21FN4O/c1-13-2-3-14(10-15(13)20)16-11-17(22-12-21-16)24-8-6-19(7-9-24)5-4-18(25)23-19/h2-3,10-12H,4-9H2,1H3,(H,23,25). The molecule has 0 aliphatic carbocycles. The topological polar surface area (TPSA) is 58.1 Å². The Morgan fingerprint density at radius 1 is 1.16 bits per heavy atom. The summed E-state index contributed by atoms with van der Waals surface area (Å²) in [5, 5.41) is 3.15. The Labute approximate surface area is 146 Å². The highest BCUT2D eigenvalue weighted by Crippen LogP contribution is 2.33. The van der Waals surface area contributed by atoms with Gasteiger partial charge in [0.1, 0.15) is 18.0 Å². The number of aryl methyl sites for hydroxylation is 1. The highest BCUT2D eigenvalue weighted by atomic mass is 19.1. The van der Waals surface area contributed by atoms with Gasteiger partial charge in [0.2, 0.25) is 5.91 Å². The van der Waals surface area contributed by atoms with Crippen LogP contribution in [0.3, 0.4) is 0 Å². The normalized spacial score (nSPS) is 19.3. The Morgan fingerprint density at radius 3 is 2.64 bits per heavy atom. The van der Waals surface area contributed by atoms with E-state index in [4.69, 9.17) is 0 Å². The van der Waals surface area contributed by atoms with Crippen molar-refractivity contribution in [2.24, 2.45) is 0 Å². The third-order valence-corrected chi connectivity index (χ3v) is 5.40. The highest BCUT2D eigenvalue weighted by Gasteiger charge is 2.40. The summed E-state index contributed by atoms with van der Waals surface area (Å²) in [7, 11) is 0. The molecule has 1 amide bonds. The Hall–Kier alpha value is -2.50. The second-order valence-corrected chi connectivity index (χ2v) is 7.04. The monoisotopic (exact) mass is 340 g/mol. The highest BCUT2D eigenvalue weighted by molar-refractivity contribution is 5.79. The van der Waals surface area contributed by atoms with Crippen LogP contribution in [0.1, 0.15) is 31.2 Å². The molecule has 5 nitrogen and oxygen atoms in total. The molecule has 0 radical (unpaired) electrons. The van der Waals surface area contributed by atoms with E-state index in [1.165, 1.54) is 12.4 Å². The second-order valence-electron chi connectivity index (χ2n) is 7.04. The number of nitrogens with one attached hydrogen (secondary N) is 1. The van der Waals surface area contributed by atoms with E-state index < -0.39 is 0 Å². The predicted octanol–water partition coefficient (Wildman–Crippen LogP) is 2.84. The average Bonchev–Trinajstić information content (AvgIpc) is 2.98. The number of anilines is 1. The van der Waals surface area contributed by atoms with Gasteiger partial charge in [0.05, 0.1) is 5.69 Å². The number of piperidine rings is 1. The smallest absolute Gasteiger partial charge is 0.220 e. The Morgan fingerprint density at radius 2 is 1.96 bits per heavy atom. The minimum atomic E-state index is -0.227. The molecule has 2 fully saturated rings. The van der Waals surface area contributed by atoms with E-state index in [1.54, 1.807) is 13.0 Å². The van der Waals surface area contributed by atoms with Crippen LogP contribution < -0.4 is 10.2 Å². The Bertz CT molecular complexity index is 815. The summed E-state index contributed by atoms with van der Waals surface area (Å²) >= 11 is 0. The van der Waals surface area contributed by atoms with Gasteiger partial charge in [-0.1, -0.05) is 12.1 Å². The van der Waals surface area contributed by atoms with Crippen molar-refractivity contribution < 1.29 is 9.18 Å². The minimum absolute atomic E-state index is 0.0243. The molecule has 0 saturated carbocycles. The third kappa shape index (κ3) is 3.08. The number of carbonyl (C=O) groups excluding carboxylic acids is 1. The van der Waals surface area contributed by atoms with Crippen LogP contribution in [0, 0.1) is 12.7 Å². The zero-order valence-electron chi connectivity index (χ0n) is 14.3. The van der Waals surface area contributed by atoms with Gasteiger partial charge in [-0.3, -0.25) is 4.79 Å². The molecule has 0 unspecified atom stereocenters. The van der Waals surface area contributed by atoms with E-state index >= 15 is 0 Å². The molecule has 6 heteroatoms. The number of nitrogens with zero attached hydrogens (tertiary/aromatic N) is 3. The van der Waals surface area contributed by atoms with Gasteiger partial charge in [-0.25, -0.2) is 14.4 Å². The second kappa shape index (κ2) is 6.10. The van der Waals surface area contributed by atoms with Gasteiger partial charge in [-0.05, 0) is 37.8 Å². The van der Waals surface area contributed by atoms with Crippen molar-refractivity contribution in [2.45, 2.75) is 38.1 Å². The van der Waals surface area contributed by atoms with Crippen molar-refractivity contribution in [2.75, 3.05) is 18.0 Å². The summed E-state index contributed by atoms with van der Waals surface area (Å²) in [5.41, 5.74) is 2.07. The van der Waals surface area contributed by atoms with Crippen LogP contribution >= 0.6 is 0 Å². The summed E-state index contributed by atoms with van der Waals surface area (Å²) in [6.45, 7) is 3.44. The molecule has 25 heavy (non-hydrogen) atoms. The lowest BCUT2D eigenvalue weighted by atomic mass is 9.86. The van der Waals surface area contributed by atoms with Gasteiger partial charge in [0.25, 0.3) is 0 Å². The summed E-state index contributed by atoms with van der Waals surface area (Å²) in [4.78, 5) is 22.4.